The molecule has 0 N–H and O–H groups in total. The summed E-state index contributed by atoms with van der Waals surface area (Å²) < 4.78 is 23.8. The Morgan fingerprint density at radius 1 is 1.04 bits per heavy atom. The lowest BCUT2D eigenvalue weighted by molar-refractivity contribution is 0.0475. The molecule has 3 rings (SSSR count). The highest BCUT2D eigenvalue weighted by molar-refractivity contribution is 7.91. The van der Waals surface area contributed by atoms with Crippen molar-refractivity contribution in [2.24, 2.45) is 0 Å². The van der Waals surface area contributed by atoms with E-state index in [0.717, 1.165) is 19.6 Å². The van der Waals surface area contributed by atoms with E-state index in [1.165, 1.54) is 17.7 Å². The average molecular weight is 387 g/mol. The van der Waals surface area contributed by atoms with Gasteiger partial charge >= 0.3 is 0 Å². The summed E-state index contributed by atoms with van der Waals surface area (Å²) in [6.45, 7) is 6.88. The molecule has 1 atom stereocenters. The van der Waals surface area contributed by atoms with Gasteiger partial charge in [-0.2, -0.15) is 0 Å². The molecule has 1 heterocycles. The first kappa shape index (κ1) is 19.6. The van der Waals surface area contributed by atoms with E-state index in [0.29, 0.717) is 12.1 Å². The van der Waals surface area contributed by atoms with E-state index in [1.807, 2.05) is 23.1 Å². The minimum atomic E-state index is -3.24. The molecule has 5 nitrogen and oxygen atoms in total. The second-order valence-corrected chi connectivity index (χ2v) is 9.27. The van der Waals surface area contributed by atoms with Crippen molar-refractivity contribution in [3.05, 3.63) is 65.7 Å². The zero-order valence-electron chi connectivity index (χ0n) is 15.8. The van der Waals surface area contributed by atoms with E-state index in [2.05, 4.69) is 24.0 Å². The normalized spacial score (nSPS) is 18.4. The Balaban J connectivity index is 1.64. The van der Waals surface area contributed by atoms with Crippen LogP contribution in [0.25, 0.3) is 0 Å². The molecule has 2 aromatic carbocycles. The van der Waals surface area contributed by atoms with Crippen LogP contribution in [0.2, 0.25) is 0 Å². The van der Waals surface area contributed by atoms with Crippen molar-refractivity contribution in [2.45, 2.75) is 31.3 Å². The van der Waals surface area contributed by atoms with Gasteiger partial charge in [-0.3, -0.25) is 9.69 Å². The van der Waals surface area contributed by atoms with E-state index in [1.54, 1.807) is 19.1 Å². The summed E-state index contributed by atoms with van der Waals surface area (Å²) in [6, 6.07) is 16.7. The fourth-order valence-electron chi connectivity index (χ4n) is 3.46. The average Bonchev–Trinajstić information content (AvgIpc) is 2.68. The SMILES string of the molecule is CCS(=O)(=O)c1ccc(C(=O)N2CCN(Cc3ccccc3)CC2C)cc1. The maximum atomic E-state index is 12.9. The smallest absolute Gasteiger partial charge is 0.254 e. The van der Waals surface area contributed by atoms with Gasteiger partial charge in [0.15, 0.2) is 9.84 Å². The lowest BCUT2D eigenvalue weighted by Crippen LogP contribution is -2.53. The summed E-state index contributed by atoms with van der Waals surface area (Å²) in [5.41, 5.74) is 1.81. The third kappa shape index (κ3) is 4.57. The first-order chi connectivity index (χ1) is 12.9. The topological polar surface area (TPSA) is 57.7 Å². The third-order valence-electron chi connectivity index (χ3n) is 5.06. The van der Waals surface area contributed by atoms with Crippen LogP contribution >= 0.6 is 0 Å². The molecular formula is C21H26N2O3S. The summed E-state index contributed by atoms with van der Waals surface area (Å²) in [5, 5.41) is 0. The number of rotatable bonds is 5. The second-order valence-electron chi connectivity index (χ2n) is 7.00. The standard InChI is InChI=1S/C21H26N2O3S/c1-3-27(25,26)20-11-9-19(10-12-20)21(24)23-14-13-22(15-17(23)2)16-18-7-5-4-6-8-18/h4-12,17H,3,13-16H2,1-2H3. The van der Waals surface area contributed by atoms with Gasteiger partial charge in [0.2, 0.25) is 0 Å². The fourth-order valence-corrected chi connectivity index (χ4v) is 4.34. The van der Waals surface area contributed by atoms with Gasteiger partial charge in [-0.25, -0.2) is 8.42 Å². The summed E-state index contributed by atoms with van der Waals surface area (Å²) >= 11 is 0. The van der Waals surface area contributed by atoms with Crippen LogP contribution in [-0.2, 0) is 16.4 Å². The largest absolute Gasteiger partial charge is 0.333 e. The number of carbonyl (C=O) groups excluding carboxylic acids is 1. The number of carbonyl (C=O) groups is 1. The van der Waals surface area contributed by atoms with Crippen LogP contribution in [0.1, 0.15) is 29.8 Å². The van der Waals surface area contributed by atoms with Crippen molar-refractivity contribution in [1.29, 1.82) is 0 Å². The Morgan fingerprint density at radius 2 is 1.70 bits per heavy atom. The number of benzene rings is 2. The lowest BCUT2D eigenvalue weighted by atomic mass is 10.1. The number of amides is 1. The second kappa shape index (κ2) is 8.23. The monoisotopic (exact) mass is 386 g/mol. The Morgan fingerprint density at radius 3 is 2.30 bits per heavy atom. The van der Waals surface area contributed by atoms with Crippen molar-refractivity contribution in [3.63, 3.8) is 0 Å². The molecule has 0 spiro atoms. The summed E-state index contributed by atoms with van der Waals surface area (Å²) in [6.07, 6.45) is 0. The van der Waals surface area contributed by atoms with Gasteiger partial charge in [0.1, 0.15) is 0 Å². The molecule has 0 saturated carbocycles. The molecule has 1 aliphatic heterocycles. The van der Waals surface area contributed by atoms with Crippen LogP contribution in [-0.4, -0.2) is 55.6 Å². The van der Waals surface area contributed by atoms with Gasteiger partial charge in [0, 0.05) is 37.8 Å². The van der Waals surface area contributed by atoms with Crippen molar-refractivity contribution >= 4 is 15.7 Å². The zero-order chi connectivity index (χ0) is 19.4. The van der Waals surface area contributed by atoms with E-state index in [-0.39, 0.29) is 22.6 Å². The van der Waals surface area contributed by atoms with Crippen LogP contribution in [0, 0.1) is 0 Å². The molecule has 0 aromatic heterocycles. The highest BCUT2D eigenvalue weighted by atomic mass is 32.2. The van der Waals surface area contributed by atoms with Gasteiger partial charge in [-0.1, -0.05) is 37.3 Å². The first-order valence-corrected chi connectivity index (χ1v) is 11.0. The Kier molecular flexibility index (Phi) is 5.97. The molecule has 27 heavy (non-hydrogen) atoms. The molecule has 6 heteroatoms. The quantitative estimate of drug-likeness (QED) is 0.793. The number of hydrogen-bond acceptors (Lipinski definition) is 4. The molecule has 0 bridgehead atoms. The molecule has 1 aliphatic rings. The minimum absolute atomic E-state index is 0.0395. The maximum Gasteiger partial charge on any atom is 0.254 e. The molecule has 2 aromatic rings. The number of piperazine rings is 1. The minimum Gasteiger partial charge on any atom is -0.333 e. The van der Waals surface area contributed by atoms with Crippen LogP contribution in [0.3, 0.4) is 0 Å². The van der Waals surface area contributed by atoms with Crippen LogP contribution in [0.15, 0.2) is 59.5 Å². The highest BCUT2D eigenvalue weighted by Crippen LogP contribution is 2.18. The van der Waals surface area contributed by atoms with Gasteiger partial charge in [-0.05, 0) is 36.8 Å². The summed E-state index contributed by atoms with van der Waals surface area (Å²) in [5.74, 6) is 0.0167. The summed E-state index contributed by atoms with van der Waals surface area (Å²) in [4.78, 5) is 17.4. The zero-order valence-corrected chi connectivity index (χ0v) is 16.7. The Bertz CT molecular complexity index is 879. The number of hydrogen-bond donors (Lipinski definition) is 0. The molecule has 1 unspecified atom stereocenters. The summed E-state index contributed by atoms with van der Waals surface area (Å²) in [7, 11) is -3.24. The Labute approximate surface area is 161 Å². The van der Waals surface area contributed by atoms with Crippen molar-refractivity contribution < 1.29 is 13.2 Å². The molecular weight excluding hydrogens is 360 g/mol. The van der Waals surface area contributed by atoms with Gasteiger partial charge in [0.05, 0.1) is 10.6 Å². The number of nitrogens with zero attached hydrogens (tertiary/aromatic N) is 2. The molecule has 144 valence electrons. The Hall–Kier alpha value is -2.18. The van der Waals surface area contributed by atoms with Crippen molar-refractivity contribution in [3.8, 4) is 0 Å². The van der Waals surface area contributed by atoms with E-state index in [9.17, 15) is 13.2 Å². The third-order valence-corrected chi connectivity index (χ3v) is 6.81. The predicted molar refractivity (Wildman–Crippen MR) is 106 cm³/mol. The molecule has 1 fully saturated rings. The van der Waals surface area contributed by atoms with Crippen LogP contribution in [0.4, 0.5) is 0 Å². The van der Waals surface area contributed by atoms with Crippen molar-refractivity contribution in [1.82, 2.24) is 9.80 Å². The lowest BCUT2D eigenvalue weighted by Gasteiger charge is -2.40. The van der Waals surface area contributed by atoms with Gasteiger partial charge in [0.25, 0.3) is 5.91 Å². The first-order valence-electron chi connectivity index (χ1n) is 9.31. The van der Waals surface area contributed by atoms with Gasteiger partial charge in [-0.15, -0.1) is 0 Å². The molecule has 1 saturated heterocycles. The molecule has 0 radical (unpaired) electrons. The van der Waals surface area contributed by atoms with Crippen LogP contribution in [0.5, 0.6) is 0 Å². The number of sulfone groups is 1. The van der Waals surface area contributed by atoms with Crippen molar-refractivity contribution in [2.75, 3.05) is 25.4 Å². The predicted octanol–water partition coefficient (Wildman–Crippen LogP) is 2.83. The fraction of sp³-hybridized carbons (Fsp3) is 0.381. The van der Waals surface area contributed by atoms with Gasteiger partial charge < -0.3 is 4.90 Å². The van der Waals surface area contributed by atoms with E-state index >= 15 is 0 Å². The highest BCUT2D eigenvalue weighted by Gasteiger charge is 2.28. The maximum absolute atomic E-state index is 12.9. The van der Waals surface area contributed by atoms with E-state index in [4.69, 9.17) is 0 Å². The molecule has 1 amide bonds. The molecule has 0 aliphatic carbocycles. The van der Waals surface area contributed by atoms with Crippen LogP contribution < -0.4 is 0 Å². The van der Waals surface area contributed by atoms with E-state index < -0.39 is 9.84 Å².